The Morgan fingerprint density at radius 2 is 2.07 bits per heavy atom. The van der Waals surface area contributed by atoms with Crippen LogP contribution in [0.25, 0.3) is 10.9 Å². The predicted octanol–water partition coefficient (Wildman–Crippen LogP) is 5.04. The van der Waals surface area contributed by atoms with Gasteiger partial charge in [0.2, 0.25) is 0 Å². The molecule has 0 spiro atoms. The second kappa shape index (κ2) is 7.19. The Labute approximate surface area is 164 Å². The minimum absolute atomic E-state index is 0.300. The van der Waals surface area contributed by atoms with Crippen LogP contribution in [0.3, 0.4) is 0 Å². The monoisotopic (exact) mass is 379 g/mol. The highest BCUT2D eigenvalue weighted by Gasteiger charge is 2.26. The molecular weight excluding hydrogens is 354 g/mol. The molecule has 3 heterocycles. The highest BCUT2D eigenvalue weighted by atomic mass is 16.6. The molecule has 28 heavy (non-hydrogen) atoms. The number of H-pyrrole nitrogens is 1. The molecule has 6 heteroatoms. The summed E-state index contributed by atoms with van der Waals surface area (Å²) < 4.78 is 11.7. The zero-order chi connectivity index (χ0) is 19.7. The van der Waals surface area contributed by atoms with E-state index in [0.29, 0.717) is 13.1 Å². The standard InChI is InChI=1S/C22H25N3O3/c1-22(2,3)28-21(26)25-12-4-5-17-19(14-25)24-11-9-20(17)27-16-6-7-18-15(13-16)8-10-23-18/h6-11,13,23H,4-5,12,14H2,1-3H3. The van der Waals surface area contributed by atoms with Gasteiger partial charge in [0.25, 0.3) is 0 Å². The molecule has 1 aromatic carbocycles. The van der Waals surface area contributed by atoms with Crippen LogP contribution in [0, 0.1) is 0 Å². The molecule has 0 saturated heterocycles. The Morgan fingerprint density at radius 3 is 2.89 bits per heavy atom. The third-order valence-electron chi connectivity index (χ3n) is 4.70. The number of nitrogens with one attached hydrogen (secondary N) is 1. The molecule has 3 aromatic rings. The molecule has 1 aliphatic heterocycles. The fraction of sp³-hybridized carbons (Fsp3) is 0.364. The van der Waals surface area contributed by atoms with Crippen LogP contribution < -0.4 is 4.74 Å². The number of carbonyl (C=O) groups is 1. The molecule has 6 nitrogen and oxygen atoms in total. The first-order chi connectivity index (χ1) is 13.4. The molecule has 0 bridgehead atoms. The van der Waals surface area contributed by atoms with Gasteiger partial charge in [-0.05, 0) is 63.9 Å². The Hall–Kier alpha value is -3.02. The maximum absolute atomic E-state index is 12.5. The molecule has 0 unspecified atom stereocenters. The summed E-state index contributed by atoms with van der Waals surface area (Å²) in [5.74, 6) is 1.58. The SMILES string of the molecule is CC(C)(C)OC(=O)N1CCCc2c(Oc3ccc4[nH]ccc4c3)ccnc2C1. The van der Waals surface area contributed by atoms with E-state index >= 15 is 0 Å². The third kappa shape index (κ3) is 3.96. The molecule has 0 saturated carbocycles. The van der Waals surface area contributed by atoms with E-state index in [4.69, 9.17) is 9.47 Å². The van der Waals surface area contributed by atoms with Gasteiger partial charge >= 0.3 is 6.09 Å². The molecule has 0 radical (unpaired) electrons. The number of carbonyl (C=O) groups excluding carboxylic acids is 1. The van der Waals surface area contributed by atoms with Crippen molar-refractivity contribution in [1.82, 2.24) is 14.9 Å². The summed E-state index contributed by atoms with van der Waals surface area (Å²) >= 11 is 0. The third-order valence-corrected chi connectivity index (χ3v) is 4.70. The summed E-state index contributed by atoms with van der Waals surface area (Å²) in [6.07, 6.45) is 5.00. The maximum atomic E-state index is 12.5. The predicted molar refractivity (Wildman–Crippen MR) is 108 cm³/mol. The molecular formula is C22H25N3O3. The smallest absolute Gasteiger partial charge is 0.410 e. The lowest BCUT2D eigenvalue weighted by molar-refractivity contribution is 0.0234. The van der Waals surface area contributed by atoms with E-state index < -0.39 is 5.60 Å². The highest BCUT2D eigenvalue weighted by Crippen LogP contribution is 2.31. The van der Waals surface area contributed by atoms with Crippen molar-refractivity contribution < 1.29 is 14.3 Å². The van der Waals surface area contributed by atoms with Crippen molar-refractivity contribution in [2.24, 2.45) is 0 Å². The summed E-state index contributed by atoms with van der Waals surface area (Å²) in [7, 11) is 0. The molecule has 0 aliphatic carbocycles. The summed E-state index contributed by atoms with van der Waals surface area (Å²) in [6.45, 7) is 6.70. The average Bonchev–Trinajstić information content (AvgIpc) is 2.97. The van der Waals surface area contributed by atoms with Gasteiger partial charge in [-0.2, -0.15) is 0 Å². The van der Waals surface area contributed by atoms with Gasteiger partial charge in [0.05, 0.1) is 12.2 Å². The molecule has 1 amide bonds. The van der Waals surface area contributed by atoms with Crippen LogP contribution in [0.5, 0.6) is 11.5 Å². The van der Waals surface area contributed by atoms with Gasteiger partial charge in [0, 0.05) is 35.4 Å². The molecule has 1 aliphatic rings. The number of rotatable bonds is 2. The molecule has 1 N–H and O–H groups in total. The zero-order valence-electron chi connectivity index (χ0n) is 16.5. The topological polar surface area (TPSA) is 67.4 Å². The van der Waals surface area contributed by atoms with Crippen LogP contribution in [0.2, 0.25) is 0 Å². The van der Waals surface area contributed by atoms with Gasteiger partial charge in [-0.1, -0.05) is 0 Å². The zero-order valence-corrected chi connectivity index (χ0v) is 16.5. The first kappa shape index (κ1) is 18.3. The minimum atomic E-state index is -0.512. The van der Waals surface area contributed by atoms with Gasteiger partial charge in [-0.15, -0.1) is 0 Å². The van der Waals surface area contributed by atoms with Crippen LogP contribution >= 0.6 is 0 Å². The van der Waals surface area contributed by atoms with Crippen LogP contribution in [-0.4, -0.2) is 33.1 Å². The molecule has 2 aromatic heterocycles. The fourth-order valence-electron chi connectivity index (χ4n) is 3.43. The van der Waals surface area contributed by atoms with E-state index in [9.17, 15) is 4.79 Å². The van der Waals surface area contributed by atoms with Crippen molar-refractivity contribution in [1.29, 1.82) is 0 Å². The van der Waals surface area contributed by atoms with Crippen LogP contribution in [0.1, 0.15) is 38.4 Å². The van der Waals surface area contributed by atoms with Gasteiger partial charge in [-0.25, -0.2) is 4.79 Å². The van der Waals surface area contributed by atoms with Crippen molar-refractivity contribution in [2.45, 2.75) is 45.8 Å². The average molecular weight is 379 g/mol. The van der Waals surface area contributed by atoms with Gasteiger partial charge < -0.3 is 19.4 Å². The number of fused-ring (bicyclic) bond motifs is 2. The first-order valence-corrected chi connectivity index (χ1v) is 9.59. The van der Waals surface area contributed by atoms with Crippen molar-refractivity contribution >= 4 is 17.0 Å². The van der Waals surface area contributed by atoms with Crippen LogP contribution in [0.4, 0.5) is 4.79 Å². The maximum Gasteiger partial charge on any atom is 0.410 e. The number of hydrogen-bond donors (Lipinski definition) is 1. The number of aromatic amines is 1. The quantitative estimate of drug-likeness (QED) is 0.677. The van der Waals surface area contributed by atoms with Crippen LogP contribution in [0.15, 0.2) is 42.7 Å². The lowest BCUT2D eigenvalue weighted by atomic mass is 10.1. The summed E-state index contributed by atoms with van der Waals surface area (Å²) in [5, 5.41) is 1.11. The second-order valence-corrected chi connectivity index (χ2v) is 8.07. The van der Waals surface area contributed by atoms with Crippen molar-refractivity contribution in [3.05, 3.63) is 54.0 Å². The van der Waals surface area contributed by atoms with Crippen molar-refractivity contribution in [3.8, 4) is 11.5 Å². The first-order valence-electron chi connectivity index (χ1n) is 9.59. The van der Waals surface area contributed by atoms with Crippen molar-refractivity contribution in [2.75, 3.05) is 6.54 Å². The van der Waals surface area contributed by atoms with E-state index in [0.717, 1.165) is 46.5 Å². The number of aromatic nitrogens is 2. The van der Waals surface area contributed by atoms with Gasteiger partial charge in [0.1, 0.15) is 17.1 Å². The summed E-state index contributed by atoms with van der Waals surface area (Å²) in [4.78, 5) is 21.9. The Morgan fingerprint density at radius 1 is 1.21 bits per heavy atom. The lowest BCUT2D eigenvalue weighted by Gasteiger charge is -2.26. The number of hydrogen-bond acceptors (Lipinski definition) is 4. The summed E-state index contributed by atoms with van der Waals surface area (Å²) in [5.41, 5.74) is 2.49. The Balaban J connectivity index is 1.57. The molecule has 146 valence electrons. The van der Waals surface area contributed by atoms with E-state index in [-0.39, 0.29) is 6.09 Å². The molecule has 4 rings (SSSR count). The Bertz CT molecular complexity index is 1000. The normalized spacial score (nSPS) is 14.5. The van der Waals surface area contributed by atoms with Gasteiger partial charge in [0.15, 0.2) is 0 Å². The number of pyridine rings is 1. The van der Waals surface area contributed by atoms with E-state index in [1.54, 1.807) is 11.1 Å². The van der Waals surface area contributed by atoms with E-state index in [1.165, 1.54) is 0 Å². The number of benzene rings is 1. The second-order valence-electron chi connectivity index (χ2n) is 8.07. The van der Waals surface area contributed by atoms with E-state index in [2.05, 4.69) is 9.97 Å². The van der Waals surface area contributed by atoms with E-state index in [1.807, 2.05) is 57.3 Å². The number of amides is 1. The summed E-state index contributed by atoms with van der Waals surface area (Å²) in [6, 6.07) is 9.89. The molecule has 0 atom stereocenters. The van der Waals surface area contributed by atoms with Crippen molar-refractivity contribution in [3.63, 3.8) is 0 Å². The minimum Gasteiger partial charge on any atom is -0.457 e. The highest BCUT2D eigenvalue weighted by molar-refractivity contribution is 5.80. The largest absolute Gasteiger partial charge is 0.457 e. The molecule has 0 fully saturated rings. The fourth-order valence-corrected chi connectivity index (χ4v) is 3.43. The van der Waals surface area contributed by atoms with Crippen LogP contribution in [-0.2, 0) is 17.7 Å². The number of nitrogens with zero attached hydrogens (tertiary/aromatic N) is 2. The number of ether oxygens (including phenoxy) is 2. The Kier molecular flexibility index (Phi) is 4.71. The lowest BCUT2D eigenvalue weighted by Crippen LogP contribution is -2.36. The van der Waals surface area contributed by atoms with Gasteiger partial charge in [-0.3, -0.25) is 4.98 Å².